The average molecular weight is 234 g/mol. The molecule has 0 saturated carbocycles. The smallest absolute Gasteiger partial charge is 0.250 e. The molecule has 4 heteroatoms. The summed E-state index contributed by atoms with van der Waals surface area (Å²) in [6, 6.07) is 3.49. The van der Waals surface area contributed by atoms with E-state index in [4.69, 9.17) is 10.5 Å². The molecule has 2 heterocycles. The quantitative estimate of drug-likeness (QED) is 0.859. The minimum Gasteiger partial charge on any atom is -0.381 e. The maximum atomic E-state index is 11.2. The van der Waals surface area contributed by atoms with Crippen LogP contribution in [0.25, 0.3) is 0 Å². The Morgan fingerprint density at radius 2 is 2.24 bits per heavy atom. The van der Waals surface area contributed by atoms with E-state index in [2.05, 4.69) is 4.98 Å². The lowest BCUT2D eigenvalue weighted by atomic mass is 9.93. The summed E-state index contributed by atoms with van der Waals surface area (Å²) in [6.45, 7) is 1.71. The highest BCUT2D eigenvalue weighted by Crippen LogP contribution is 2.21. The van der Waals surface area contributed by atoms with Gasteiger partial charge in [0.15, 0.2) is 0 Å². The van der Waals surface area contributed by atoms with Gasteiger partial charge in [0.25, 0.3) is 5.91 Å². The van der Waals surface area contributed by atoms with Crippen LogP contribution in [0.4, 0.5) is 0 Å². The number of amides is 1. The first-order chi connectivity index (χ1) is 8.27. The Hall–Kier alpha value is -1.42. The number of aryl methyl sites for hydroxylation is 1. The number of nitrogens with zero attached hydrogens (tertiary/aromatic N) is 1. The molecule has 1 aliphatic heterocycles. The van der Waals surface area contributed by atoms with Crippen LogP contribution in [0.1, 0.15) is 35.3 Å². The number of ether oxygens (including phenoxy) is 1. The van der Waals surface area contributed by atoms with Gasteiger partial charge in [-0.25, -0.2) is 0 Å². The number of carbonyl (C=O) groups is 1. The molecule has 0 radical (unpaired) electrons. The Bertz CT molecular complexity index is 387. The summed E-state index contributed by atoms with van der Waals surface area (Å²) < 4.78 is 5.32. The fourth-order valence-corrected chi connectivity index (χ4v) is 2.24. The van der Waals surface area contributed by atoms with Gasteiger partial charge in [-0.2, -0.15) is 0 Å². The van der Waals surface area contributed by atoms with Crippen molar-refractivity contribution in [2.75, 3.05) is 13.2 Å². The van der Waals surface area contributed by atoms with Crippen LogP contribution in [0, 0.1) is 5.92 Å². The molecule has 0 atom stereocenters. The molecule has 17 heavy (non-hydrogen) atoms. The van der Waals surface area contributed by atoms with Crippen molar-refractivity contribution in [3.8, 4) is 0 Å². The molecule has 0 spiro atoms. The largest absolute Gasteiger partial charge is 0.381 e. The molecule has 92 valence electrons. The predicted octanol–water partition coefficient (Wildman–Crippen LogP) is 1.54. The number of pyridine rings is 1. The van der Waals surface area contributed by atoms with Crippen molar-refractivity contribution in [1.29, 1.82) is 0 Å². The van der Waals surface area contributed by atoms with Crippen LogP contribution in [0.2, 0.25) is 0 Å². The van der Waals surface area contributed by atoms with Crippen molar-refractivity contribution < 1.29 is 9.53 Å². The van der Waals surface area contributed by atoms with Crippen molar-refractivity contribution in [3.63, 3.8) is 0 Å². The van der Waals surface area contributed by atoms with Gasteiger partial charge in [0.05, 0.1) is 11.3 Å². The minimum absolute atomic E-state index is 0.389. The molecule has 2 N–H and O–H groups in total. The second kappa shape index (κ2) is 5.77. The number of carbonyl (C=O) groups excluding carboxylic acids is 1. The van der Waals surface area contributed by atoms with Gasteiger partial charge in [-0.05, 0) is 43.7 Å². The Kier molecular flexibility index (Phi) is 4.09. The third-order valence-electron chi connectivity index (χ3n) is 3.29. The van der Waals surface area contributed by atoms with Crippen LogP contribution in [0.15, 0.2) is 18.3 Å². The van der Waals surface area contributed by atoms with Gasteiger partial charge in [0, 0.05) is 19.4 Å². The SMILES string of the molecule is NC(=O)c1cccnc1CCC1CCOCC1. The third kappa shape index (κ3) is 3.27. The number of hydrogen-bond acceptors (Lipinski definition) is 3. The Balaban J connectivity index is 1.96. The van der Waals surface area contributed by atoms with Gasteiger partial charge in [-0.15, -0.1) is 0 Å². The Labute approximate surface area is 101 Å². The Morgan fingerprint density at radius 3 is 2.94 bits per heavy atom. The number of hydrogen-bond donors (Lipinski definition) is 1. The number of primary amides is 1. The molecular formula is C13H18N2O2. The molecule has 1 saturated heterocycles. The minimum atomic E-state index is -0.389. The predicted molar refractivity (Wildman–Crippen MR) is 64.6 cm³/mol. The second-order valence-corrected chi connectivity index (χ2v) is 4.46. The summed E-state index contributed by atoms with van der Waals surface area (Å²) >= 11 is 0. The first-order valence-corrected chi connectivity index (χ1v) is 6.09. The molecule has 1 aliphatic rings. The summed E-state index contributed by atoms with van der Waals surface area (Å²) in [7, 11) is 0. The molecule has 4 nitrogen and oxygen atoms in total. The lowest BCUT2D eigenvalue weighted by Crippen LogP contribution is -2.18. The number of aromatic nitrogens is 1. The maximum absolute atomic E-state index is 11.2. The first-order valence-electron chi connectivity index (χ1n) is 6.09. The van der Waals surface area contributed by atoms with E-state index in [9.17, 15) is 4.79 Å². The van der Waals surface area contributed by atoms with E-state index in [0.717, 1.165) is 44.6 Å². The standard InChI is InChI=1S/C13H18N2O2/c14-13(16)11-2-1-7-15-12(11)4-3-10-5-8-17-9-6-10/h1-2,7,10H,3-6,8-9H2,(H2,14,16). The molecule has 1 aromatic heterocycles. The highest BCUT2D eigenvalue weighted by atomic mass is 16.5. The van der Waals surface area contributed by atoms with E-state index in [-0.39, 0.29) is 5.91 Å². The Morgan fingerprint density at radius 1 is 1.47 bits per heavy atom. The molecule has 0 unspecified atom stereocenters. The molecule has 0 bridgehead atoms. The van der Waals surface area contributed by atoms with Crippen molar-refractivity contribution in [2.45, 2.75) is 25.7 Å². The molecule has 1 aromatic rings. The van der Waals surface area contributed by atoms with E-state index in [0.29, 0.717) is 11.5 Å². The highest BCUT2D eigenvalue weighted by molar-refractivity contribution is 5.93. The molecule has 2 rings (SSSR count). The number of rotatable bonds is 4. The first kappa shape index (κ1) is 12.0. The van der Waals surface area contributed by atoms with Crippen molar-refractivity contribution in [2.24, 2.45) is 11.7 Å². The van der Waals surface area contributed by atoms with Gasteiger partial charge in [-0.1, -0.05) is 0 Å². The second-order valence-electron chi connectivity index (χ2n) is 4.46. The van der Waals surface area contributed by atoms with Gasteiger partial charge in [0.1, 0.15) is 0 Å². The van der Waals surface area contributed by atoms with E-state index in [1.807, 2.05) is 0 Å². The summed E-state index contributed by atoms with van der Waals surface area (Å²) in [6.07, 6.45) is 5.81. The topological polar surface area (TPSA) is 65.2 Å². The summed E-state index contributed by atoms with van der Waals surface area (Å²) in [5.41, 5.74) is 6.70. The third-order valence-corrected chi connectivity index (χ3v) is 3.29. The monoisotopic (exact) mass is 234 g/mol. The maximum Gasteiger partial charge on any atom is 0.250 e. The summed E-state index contributed by atoms with van der Waals surface area (Å²) in [4.78, 5) is 15.5. The molecule has 0 aromatic carbocycles. The van der Waals surface area contributed by atoms with Crippen LogP contribution in [0.5, 0.6) is 0 Å². The lowest BCUT2D eigenvalue weighted by Gasteiger charge is -2.21. The highest BCUT2D eigenvalue weighted by Gasteiger charge is 2.15. The van der Waals surface area contributed by atoms with Crippen LogP contribution in [-0.2, 0) is 11.2 Å². The van der Waals surface area contributed by atoms with E-state index in [1.165, 1.54) is 0 Å². The van der Waals surface area contributed by atoms with Crippen molar-refractivity contribution in [3.05, 3.63) is 29.6 Å². The lowest BCUT2D eigenvalue weighted by molar-refractivity contribution is 0.0639. The van der Waals surface area contributed by atoms with Crippen molar-refractivity contribution in [1.82, 2.24) is 4.98 Å². The summed E-state index contributed by atoms with van der Waals surface area (Å²) in [5.74, 6) is 0.298. The zero-order valence-electron chi connectivity index (χ0n) is 9.89. The zero-order chi connectivity index (χ0) is 12.1. The normalized spacial score (nSPS) is 16.9. The zero-order valence-corrected chi connectivity index (χ0v) is 9.89. The van der Waals surface area contributed by atoms with E-state index >= 15 is 0 Å². The fourth-order valence-electron chi connectivity index (χ4n) is 2.24. The molecular weight excluding hydrogens is 216 g/mol. The van der Waals surface area contributed by atoms with Crippen LogP contribution >= 0.6 is 0 Å². The summed E-state index contributed by atoms with van der Waals surface area (Å²) in [5, 5.41) is 0. The van der Waals surface area contributed by atoms with Crippen LogP contribution in [0.3, 0.4) is 0 Å². The van der Waals surface area contributed by atoms with Gasteiger partial charge in [-0.3, -0.25) is 9.78 Å². The van der Waals surface area contributed by atoms with E-state index in [1.54, 1.807) is 18.3 Å². The average Bonchev–Trinajstić information content (AvgIpc) is 2.38. The molecule has 1 fully saturated rings. The van der Waals surface area contributed by atoms with Gasteiger partial charge < -0.3 is 10.5 Å². The van der Waals surface area contributed by atoms with E-state index < -0.39 is 0 Å². The molecule has 1 amide bonds. The van der Waals surface area contributed by atoms with Crippen molar-refractivity contribution >= 4 is 5.91 Å². The molecule has 0 aliphatic carbocycles. The number of nitrogens with two attached hydrogens (primary N) is 1. The van der Waals surface area contributed by atoms with Crippen LogP contribution < -0.4 is 5.73 Å². The van der Waals surface area contributed by atoms with Gasteiger partial charge in [0.2, 0.25) is 0 Å². The van der Waals surface area contributed by atoms with Gasteiger partial charge >= 0.3 is 0 Å². The fraction of sp³-hybridized carbons (Fsp3) is 0.538. The van der Waals surface area contributed by atoms with Crippen LogP contribution in [-0.4, -0.2) is 24.1 Å².